The molecule has 4 aromatic rings. The predicted octanol–water partition coefficient (Wildman–Crippen LogP) is 6.13. The van der Waals surface area contributed by atoms with Crippen LogP contribution in [-0.4, -0.2) is 10.6 Å². The number of carbonyl (C=O) groups is 1. The third-order valence-electron chi connectivity index (χ3n) is 7.11. The molecule has 3 aromatic carbocycles. The molecule has 0 radical (unpaired) electrons. The summed E-state index contributed by atoms with van der Waals surface area (Å²) in [6, 6.07) is 29.1. The molecule has 2 aliphatic rings. The Kier molecular flexibility index (Phi) is 4.49. The minimum Gasteiger partial charge on any atom is -0.296 e. The average molecular weight is 448 g/mol. The van der Waals surface area contributed by atoms with Crippen molar-refractivity contribution >= 4 is 23.2 Å². The second-order valence-electron chi connectivity index (χ2n) is 9.08. The zero-order valence-corrected chi connectivity index (χ0v) is 19.2. The number of anilines is 3. The monoisotopic (exact) mass is 447 g/mol. The normalized spacial score (nSPS) is 16.0. The molecule has 1 spiro atoms. The van der Waals surface area contributed by atoms with E-state index in [0.29, 0.717) is 11.4 Å². The van der Waals surface area contributed by atoms with Crippen LogP contribution in [0.1, 0.15) is 24.0 Å². The molecule has 6 rings (SSSR count). The zero-order chi connectivity index (χ0) is 23.4. The summed E-state index contributed by atoms with van der Waals surface area (Å²) in [5, 5.41) is 0. The van der Waals surface area contributed by atoms with E-state index in [9.17, 15) is 9.59 Å². The van der Waals surface area contributed by atoms with Crippen LogP contribution in [0.4, 0.5) is 22.0 Å². The van der Waals surface area contributed by atoms with Crippen LogP contribution in [0.15, 0.2) is 95.8 Å². The summed E-state index contributed by atoms with van der Waals surface area (Å²) < 4.78 is 1.66. The Morgan fingerprint density at radius 2 is 1.26 bits per heavy atom. The second-order valence-corrected chi connectivity index (χ2v) is 9.08. The maximum atomic E-state index is 14.2. The number of rotatable bonds is 3. The summed E-state index contributed by atoms with van der Waals surface area (Å²) >= 11 is 0. The van der Waals surface area contributed by atoms with Crippen molar-refractivity contribution in [2.75, 3.05) is 9.80 Å². The number of carbonyl (C=O) groups excluding carboxylic acids is 1. The van der Waals surface area contributed by atoms with Crippen molar-refractivity contribution in [3.63, 3.8) is 0 Å². The largest absolute Gasteiger partial charge is 0.335 e. The zero-order valence-electron chi connectivity index (χ0n) is 19.2. The molecule has 5 heteroatoms. The molecule has 2 heterocycles. The van der Waals surface area contributed by atoms with Crippen molar-refractivity contribution < 1.29 is 4.79 Å². The summed E-state index contributed by atoms with van der Waals surface area (Å²) in [4.78, 5) is 31.6. The molecule has 1 aromatic heterocycles. The van der Waals surface area contributed by atoms with Gasteiger partial charge in [0.2, 0.25) is 0 Å². The number of para-hydroxylation sites is 2. The highest BCUT2D eigenvalue weighted by atomic mass is 16.2. The van der Waals surface area contributed by atoms with Gasteiger partial charge in [0.05, 0.1) is 16.8 Å². The lowest BCUT2D eigenvalue weighted by Crippen LogP contribution is -2.54. The first-order valence-electron chi connectivity index (χ1n) is 11.6. The smallest absolute Gasteiger partial charge is 0.296 e. The van der Waals surface area contributed by atoms with Crippen molar-refractivity contribution in [3.05, 3.63) is 112 Å². The highest BCUT2D eigenvalue weighted by Gasteiger charge is 2.59. The van der Waals surface area contributed by atoms with E-state index in [1.54, 1.807) is 16.5 Å². The van der Waals surface area contributed by atoms with Crippen molar-refractivity contribution in [2.45, 2.75) is 25.3 Å². The Balaban J connectivity index is 1.71. The lowest BCUT2D eigenvalue weighted by atomic mass is 9.89. The standard InChI is InChI=1S/C29H25N3O2/c1-20-24(21-12-6-3-7-13-21)27(33)30(2)26-25(20)29(18-19-29)32(23-16-10-5-11-17-23)28(34)31(26)22-14-8-4-9-15-22/h3-17H,18-19H2,1-2H3. The summed E-state index contributed by atoms with van der Waals surface area (Å²) in [5.41, 5.74) is 4.64. The quantitative estimate of drug-likeness (QED) is 0.379. The number of hydrogen-bond donors (Lipinski definition) is 0. The van der Waals surface area contributed by atoms with Crippen molar-refractivity contribution in [1.29, 1.82) is 0 Å². The number of amides is 2. The van der Waals surface area contributed by atoms with Gasteiger partial charge in [0.15, 0.2) is 0 Å². The van der Waals surface area contributed by atoms with Crippen molar-refractivity contribution in [3.8, 4) is 11.1 Å². The van der Waals surface area contributed by atoms with Crippen LogP contribution in [0.2, 0.25) is 0 Å². The van der Waals surface area contributed by atoms with Crippen LogP contribution in [0, 0.1) is 6.92 Å². The summed E-state index contributed by atoms with van der Waals surface area (Å²) in [5.74, 6) is 0.670. The lowest BCUT2D eigenvalue weighted by Gasteiger charge is -2.45. The Hall–Kier alpha value is -4.12. The topological polar surface area (TPSA) is 45.6 Å². The molecule has 0 N–H and O–H groups in total. The molecule has 0 atom stereocenters. The Bertz CT molecular complexity index is 1460. The Labute approximate surface area is 198 Å². The van der Waals surface area contributed by atoms with Crippen molar-refractivity contribution in [1.82, 2.24) is 4.57 Å². The molecule has 1 aliphatic heterocycles. The minimum absolute atomic E-state index is 0.0971. The second kappa shape index (κ2) is 7.45. The minimum atomic E-state index is -0.460. The van der Waals surface area contributed by atoms with E-state index in [-0.39, 0.29) is 11.6 Å². The van der Waals surface area contributed by atoms with Gasteiger partial charge >= 0.3 is 6.03 Å². The Morgan fingerprint density at radius 1 is 0.735 bits per heavy atom. The van der Waals surface area contributed by atoms with Crippen LogP contribution in [-0.2, 0) is 12.6 Å². The van der Waals surface area contributed by atoms with Crippen LogP contribution >= 0.6 is 0 Å². The number of nitrogens with zero attached hydrogens (tertiary/aromatic N) is 3. The fourth-order valence-electron chi connectivity index (χ4n) is 5.47. The number of hydrogen-bond acceptors (Lipinski definition) is 2. The molecule has 2 amide bonds. The molecular formula is C29H25N3O2. The van der Waals surface area contributed by atoms with Gasteiger partial charge in [-0.2, -0.15) is 0 Å². The van der Waals surface area contributed by atoms with E-state index in [4.69, 9.17) is 0 Å². The molecule has 0 saturated heterocycles. The van der Waals surface area contributed by atoms with E-state index in [1.807, 2.05) is 103 Å². The predicted molar refractivity (Wildman–Crippen MR) is 136 cm³/mol. The molecule has 1 aliphatic carbocycles. The number of benzene rings is 3. The maximum Gasteiger partial charge on any atom is 0.335 e. The van der Waals surface area contributed by atoms with Gasteiger partial charge in [-0.25, -0.2) is 9.69 Å². The average Bonchev–Trinajstić information content (AvgIpc) is 3.65. The molecule has 1 saturated carbocycles. The Morgan fingerprint density at radius 3 is 1.82 bits per heavy atom. The molecule has 5 nitrogen and oxygen atoms in total. The summed E-state index contributed by atoms with van der Waals surface area (Å²) in [7, 11) is 1.78. The van der Waals surface area contributed by atoms with Gasteiger partial charge in [-0.1, -0.05) is 66.7 Å². The highest BCUT2D eigenvalue weighted by molar-refractivity contribution is 6.12. The van der Waals surface area contributed by atoms with Gasteiger partial charge in [0, 0.05) is 18.3 Å². The third-order valence-corrected chi connectivity index (χ3v) is 7.11. The van der Waals surface area contributed by atoms with Gasteiger partial charge in [0.25, 0.3) is 5.56 Å². The van der Waals surface area contributed by atoms with E-state index in [0.717, 1.165) is 40.9 Å². The van der Waals surface area contributed by atoms with Gasteiger partial charge < -0.3 is 0 Å². The van der Waals surface area contributed by atoms with Crippen molar-refractivity contribution in [2.24, 2.45) is 7.05 Å². The van der Waals surface area contributed by atoms with E-state index < -0.39 is 5.54 Å². The first kappa shape index (κ1) is 20.5. The number of aromatic nitrogens is 1. The molecular weight excluding hydrogens is 422 g/mol. The summed E-state index contributed by atoms with van der Waals surface area (Å²) in [6.07, 6.45) is 1.72. The first-order chi connectivity index (χ1) is 16.5. The molecule has 168 valence electrons. The van der Waals surface area contributed by atoms with Gasteiger partial charge in [-0.3, -0.25) is 14.3 Å². The van der Waals surface area contributed by atoms with Gasteiger partial charge in [-0.15, -0.1) is 0 Å². The summed E-state index contributed by atoms with van der Waals surface area (Å²) in [6.45, 7) is 2.03. The van der Waals surface area contributed by atoms with Crippen LogP contribution in [0.25, 0.3) is 11.1 Å². The molecule has 0 bridgehead atoms. The molecule has 1 fully saturated rings. The first-order valence-corrected chi connectivity index (χ1v) is 11.6. The number of pyridine rings is 1. The number of fused-ring (bicyclic) bond motifs is 2. The SMILES string of the molecule is Cc1c2c(n(C)c(=O)c1-c1ccccc1)N(c1ccccc1)C(=O)N(c1ccccc1)C21CC1. The number of urea groups is 1. The fourth-order valence-corrected chi connectivity index (χ4v) is 5.47. The molecule has 0 unspecified atom stereocenters. The fraction of sp³-hybridized carbons (Fsp3) is 0.172. The van der Waals surface area contributed by atoms with Crippen LogP contribution < -0.4 is 15.4 Å². The van der Waals surface area contributed by atoms with Crippen LogP contribution in [0.5, 0.6) is 0 Å². The maximum absolute atomic E-state index is 14.2. The molecule has 34 heavy (non-hydrogen) atoms. The van der Waals surface area contributed by atoms with Gasteiger partial charge in [-0.05, 0) is 55.2 Å². The van der Waals surface area contributed by atoms with E-state index in [2.05, 4.69) is 0 Å². The van der Waals surface area contributed by atoms with E-state index in [1.165, 1.54) is 0 Å². The lowest BCUT2D eigenvalue weighted by molar-refractivity contribution is 0.248. The third kappa shape index (κ3) is 2.80. The van der Waals surface area contributed by atoms with Crippen LogP contribution in [0.3, 0.4) is 0 Å². The van der Waals surface area contributed by atoms with E-state index >= 15 is 0 Å². The van der Waals surface area contributed by atoms with Gasteiger partial charge in [0.1, 0.15) is 5.82 Å². The highest BCUT2D eigenvalue weighted by Crippen LogP contribution is 2.60.